The summed E-state index contributed by atoms with van der Waals surface area (Å²) in [4.78, 5) is 8.23. The van der Waals surface area contributed by atoms with Gasteiger partial charge in [0.25, 0.3) is 0 Å². The molecule has 0 saturated carbocycles. The maximum atomic E-state index is 6.05. The maximum Gasteiger partial charge on any atom is 0.184 e. The van der Waals surface area contributed by atoms with Gasteiger partial charge < -0.3 is 11.1 Å². The Balaban J connectivity index is 1.98. The third-order valence-electron chi connectivity index (χ3n) is 2.43. The second-order valence-corrected chi connectivity index (χ2v) is 3.80. The molecule has 1 aromatic rings. The van der Waals surface area contributed by atoms with E-state index in [0.29, 0.717) is 12.3 Å². The van der Waals surface area contributed by atoms with E-state index in [9.17, 15) is 0 Å². The van der Waals surface area contributed by atoms with Crippen LogP contribution in [-0.4, -0.2) is 16.6 Å². The lowest BCUT2D eigenvalue weighted by atomic mass is 10.1. The van der Waals surface area contributed by atoms with Gasteiger partial charge >= 0.3 is 0 Å². The first kappa shape index (κ1) is 10.6. The lowest BCUT2D eigenvalue weighted by Crippen LogP contribution is -2.52. The lowest BCUT2D eigenvalue weighted by Gasteiger charge is -2.28. The molecule has 5 heteroatoms. The van der Waals surface area contributed by atoms with Crippen LogP contribution in [0.4, 0.5) is 0 Å². The second-order valence-electron chi connectivity index (χ2n) is 3.80. The summed E-state index contributed by atoms with van der Waals surface area (Å²) in [6, 6.07) is 3.92. The van der Waals surface area contributed by atoms with Gasteiger partial charge in [-0.3, -0.25) is 10.7 Å². The van der Waals surface area contributed by atoms with Gasteiger partial charge in [-0.05, 0) is 24.1 Å². The summed E-state index contributed by atoms with van der Waals surface area (Å²) < 4.78 is 0. The van der Waals surface area contributed by atoms with Crippen LogP contribution >= 0.6 is 0 Å². The quantitative estimate of drug-likeness (QED) is 0.670. The molecule has 2 rings (SSSR count). The molecule has 1 atom stereocenters. The molecule has 1 aliphatic heterocycles. The Labute approximate surface area is 94.3 Å². The molecule has 16 heavy (non-hydrogen) atoms. The Kier molecular flexibility index (Phi) is 2.87. The Morgan fingerprint density at radius 1 is 1.44 bits per heavy atom. The van der Waals surface area contributed by atoms with Gasteiger partial charge in [0.05, 0.1) is 0 Å². The minimum Gasteiger partial charge on any atom is -0.384 e. The molecule has 0 aromatic carbocycles. The number of nitrogens with two attached hydrogens (primary N) is 2. The van der Waals surface area contributed by atoms with Crippen molar-refractivity contribution in [2.24, 2.45) is 16.5 Å². The van der Waals surface area contributed by atoms with Crippen LogP contribution in [0.3, 0.4) is 0 Å². The number of nitrogens with zero attached hydrogens (tertiary/aromatic N) is 2. The molecule has 0 spiro atoms. The predicted octanol–water partition coefficient (Wildman–Crippen LogP) is 0.101. The number of amidine groups is 1. The van der Waals surface area contributed by atoms with Crippen LogP contribution in [0.5, 0.6) is 0 Å². The largest absolute Gasteiger partial charge is 0.384 e. The highest BCUT2D eigenvalue weighted by atomic mass is 15.3. The maximum absolute atomic E-state index is 6.05. The van der Waals surface area contributed by atoms with Gasteiger partial charge in [0.2, 0.25) is 0 Å². The topological polar surface area (TPSA) is 89.3 Å². The van der Waals surface area contributed by atoms with Crippen molar-refractivity contribution >= 4 is 5.84 Å². The number of nitrogens with one attached hydrogen (secondary N) is 1. The van der Waals surface area contributed by atoms with Crippen LogP contribution in [0.1, 0.15) is 12.0 Å². The van der Waals surface area contributed by atoms with Crippen LogP contribution in [0, 0.1) is 0 Å². The van der Waals surface area contributed by atoms with Crippen molar-refractivity contribution in [2.45, 2.75) is 18.6 Å². The normalized spacial score (nSPS) is 23.7. The molecule has 0 amide bonds. The number of pyridine rings is 1. The number of aryl methyl sites for hydroxylation is 1. The van der Waals surface area contributed by atoms with E-state index in [2.05, 4.69) is 15.3 Å². The highest BCUT2D eigenvalue weighted by molar-refractivity contribution is 5.92. The molecule has 0 saturated heterocycles. The van der Waals surface area contributed by atoms with E-state index >= 15 is 0 Å². The fourth-order valence-electron chi connectivity index (χ4n) is 1.58. The fraction of sp³-hybridized carbons (Fsp3) is 0.273. The smallest absolute Gasteiger partial charge is 0.184 e. The summed E-state index contributed by atoms with van der Waals surface area (Å²) in [5.74, 6) is -0.346. The monoisotopic (exact) mass is 217 g/mol. The van der Waals surface area contributed by atoms with E-state index in [1.807, 2.05) is 18.3 Å². The van der Waals surface area contributed by atoms with Gasteiger partial charge in [0, 0.05) is 25.0 Å². The summed E-state index contributed by atoms with van der Waals surface area (Å²) in [7, 11) is 0. The first-order valence-corrected chi connectivity index (χ1v) is 5.15. The Bertz CT molecular complexity index is 412. The van der Waals surface area contributed by atoms with Crippen molar-refractivity contribution < 1.29 is 0 Å². The van der Waals surface area contributed by atoms with E-state index < -0.39 is 5.79 Å². The SMILES string of the molecule is NC1=NC(N)(CCc2cccnc2)NC=C1. The third-order valence-corrected chi connectivity index (χ3v) is 2.43. The molecule has 2 heterocycles. The molecule has 5 nitrogen and oxygen atoms in total. The van der Waals surface area contributed by atoms with Crippen molar-refractivity contribution in [3.05, 3.63) is 42.4 Å². The number of hydrogen-bond acceptors (Lipinski definition) is 5. The van der Waals surface area contributed by atoms with Gasteiger partial charge in [0.1, 0.15) is 5.84 Å². The van der Waals surface area contributed by atoms with Crippen molar-refractivity contribution in [1.29, 1.82) is 0 Å². The van der Waals surface area contributed by atoms with Crippen molar-refractivity contribution in [2.75, 3.05) is 0 Å². The highest BCUT2D eigenvalue weighted by Crippen LogP contribution is 2.12. The van der Waals surface area contributed by atoms with Gasteiger partial charge in [0.15, 0.2) is 5.79 Å². The molecule has 5 N–H and O–H groups in total. The molecule has 0 fully saturated rings. The molecular weight excluding hydrogens is 202 g/mol. The Hall–Kier alpha value is -1.88. The molecule has 1 aromatic heterocycles. The average molecular weight is 217 g/mol. The van der Waals surface area contributed by atoms with Crippen molar-refractivity contribution in [3.63, 3.8) is 0 Å². The first-order chi connectivity index (χ1) is 7.68. The summed E-state index contributed by atoms with van der Waals surface area (Å²) in [6.45, 7) is 0. The van der Waals surface area contributed by atoms with Crippen LogP contribution in [0.15, 0.2) is 41.8 Å². The third kappa shape index (κ3) is 2.58. The number of aromatic nitrogens is 1. The second kappa shape index (κ2) is 4.32. The Morgan fingerprint density at radius 2 is 2.31 bits per heavy atom. The van der Waals surface area contributed by atoms with E-state index in [-0.39, 0.29) is 0 Å². The van der Waals surface area contributed by atoms with E-state index in [4.69, 9.17) is 11.5 Å². The molecule has 1 aliphatic rings. The zero-order valence-corrected chi connectivity index (χ0v) is 8.93. The van der Waals surface area contributed by atoms with Gasteiger partial charge in [-0.25, -0.2) is 4.99 Å². The number of hydrogen-bond donors (Lipinski definition) is 3. The van der Waals surface area contributed by atoms with Gasteiger partial charge in [-0.1, -0.05) is 6.07 Å². The van der Waals surface area contributed by atoms with Crippen molar-refractivity contribution in [1.82, 2.24) is 10.3 Å². The number of aliphatic imine (C=N–C) groups is 1. The summed E-state index contributed by atoms with van der Waals surface area (Å²) in [6.07, 6.45) is 8.47. The highest BCUT2D eigenvalue weighted by Gasteiger charge is 2.23. The van der Waals surface area contributed by atoms with Crippen LogP contribution < -0.4 is 16.8 Å². The van der Waals surface area contributed by atoms with Crippen molar-refractivity contribution in [3.8, 4) is 0 Å². The van der Waals surface area contributed by atoms with E-state index in [1.54, 1.807) is 18.5 Å². The van der Waals surface area contributed by atoms with E-state index in [1.165, 1.54) is 0 Å². The lowest BCUT2D eigenvalue weighted by molar-refractivity contribution is 0.364. The summed E-state index contributed by atoms with van der Waals surface area (Å²) in [5.41, 5.74) is 12.8. The van der Waals surface area contributed by atoms with Gasteiger partial charge in [-0.2, -0.15) is 0 Å². The molecular formula is C11H15N5. The number of rotatable bonds is 3. The molecule has 0 bridgehead atoms. The zero-order valence-electron chi connectivity index (χ0n) is 8.93. The van der Waals surface area contributed by atoms with E-state index in [0.717, 1.165) is 12.0 Å². The minimum atomic E-state index is -0.797. The molecule has 1 unspecified atom stereocenters. The average Bonchev–Trinajstić information content (AvgIpc) is 2.28. The van der Waals surface area contributed by atoms with Crippen LogP contribution in [0.2, 0.25) is 0 Å². The molecule has 0 radical (unpaired) electrons. The van der Waals surface area contributed by atoms with Crippen LogP contribution in [0.25, 0.3) is 0 Å². The first-order valence-electron chi connectivity index (χ1n) is 5.15. The molecule has 0 aliphatic carbocycles. The summed E-state index contributed by atoms with van der Waals surface area (Å²) >= 11 is 0. The Morgan fingerprint density at radius 3 is 3.00 bits per heavy atom. The zero-order chi connectivity index (χ0) is 11.4. The fourth-order valence-corrected chi connectivity index (χ4v) is 1.58. The molecule has 84 valence electrons. The van der Waals surface area contributed by atoms with Crippen LogP contribution in [-0.2, 0) is 6.42 Å². The predicted molar refractivity (Wildman–Crippen MR) is 63.4 cm³/mol. The van der Waals surface area contributed by atoms with Gasteiger partial charge in [-0.15, -0.1) is 0 Å². The minimum absolute atomic E-state index is 0.451. The standard InChI is InChI=1S/C11H15N5/c12-10-4-7-15-11(13,16-10)5-3-9-2-1-6-14-8-9/h1-2,4,6-8,15H,3,5,13H2,(H2,12,16). The summed E-state index contributed by atoms with van der Waals surface area (Å²) in [5, 5.41) is 3.01.